The molecule has 2 atom stereocenters. The lowest BCUT2D eigenvalue weighted by atomic mass is 9.73. The molecule has 1 aliphatic carbocycles. The average molecular weight is 816 g/mol. The highest BCUT2D eigenvalue weighted by Gasteiger charge is 2.33. The van der Waals surface area contributed by atoms with Crippen molar-refractivity contribution in [3.05, 3.63) is 155 Å². The number of pyridine rings is 1. The van der Waals surface area contributed by atoms with E-state index in [4.69, 9.17) is 9.72 Å². The molecule has 0 radical (unpaired) electrons. The molecule has 0 saturated carbocycles. The van der Waals surface area contributed by atoms with Crippen LogP contribution in [0, 0.1) is 26.7 Å². The van der Waals surface area contributed by atoms with Gasteiger partial charge in [0.2, 0.25) is 5.95 Å². The molecule has 2 amide bonds. The van der Waals surface area contributed by atoms with Gasteiger partial charge in [0.1, 0.15) is 11.5 Å². The van der Waals surface area contributed by atoms with Crippen LogP contribution in [0.1, 0.15) is 97.1 Å². The van der Waals surface area contributed by atoms with Crippen LogP contribution < -0.4 is 15.0 Å². The largest absolute Gasteiger partial charge is 0.507 e. The van der Waals surface area contributed by atoms with E-state index in [1.165, 1.54) is 10.5 Å². The number of aromatic nitrogens is 5. The molecule has 7 rings (SSSR count). The predicted molar refractivity (Wildman–Crippen MR) is 241 cm³/mol. The summed E-state index contributed by atoms with van der Waals surface area (Å²) in [7, 11) is 0. The molecule has 0 bridgehead atoms. The summed E-state index contributed by atoms with van der Waals surface area (Å²) in [5, 5.41) is 14.9. The standard InChI is InChI=1S/C50H53N7O4/c1-8-9-10-12-36-24-45(58)47(42-23-32(4)14-17-41(42)31(2)3)46(25-36)61-50(60)57(49-52-20-18-43(55-49)38-13-11-19-51-28-38)44-26-37(16-15-34(44)6)48(59)54-39-21-33(5)22-40(27-39)56-29-35(7)53-30-56/h11,13,15-16,18-30,41-42,58H,2,8-10,12,14,17H2,1,3-7H3,(H,54,59). The molecular weight excluding hydrogens is 763 g/mol. The van der Waals surface area contributed by atoms with Gasteiger partial charge in [0.25, 0.3) is 5.91 Å². The Morgan fingerprint density at radius 3 is 2.57 bits per heavy atom. The van der Waals surface area contributed by atoms with Crippen LogP contribution in [0.5, 0.6) is 11.5 Å². The number of hydrogen-bond donors (Lipinski definition) is 2. The highest BCUT2D eigenvalue weighted by molar-refractivity contribution is 6.06. The summed E-state index contributed by atoms with van der Waals surface area (Å²) in [6.45, 7) is 16.3. The Labute approximate surface area is 357 Å². The number of phenols is 1. The van der Waals surface area contributed by atoms with Crippen LogP contribution in [0.15, 0.2) is 122 Å². The number of aromatic hydroxyl groups is 1. The van der Waals surface area contributed by atoms with Gasteiger partial charge in [0, 0.05) is 58.8 Å². The topological polar surface area (TPSA) is 135 Å². The maximum absolute atomic E-state index is 15.1. The molecule has 2 unspecified atom stereocenters. The molecule has 11 nitrogen and oxygen atoms in total. The Morgan fingerprint density at radius 1 is 1.00 bits per heavy atom. The van der Waals surface area contributed by atoms with E-state index >= 15 is 4.79 Å². The summed E-state index contributed by atoms with van der Waals surface area (Å²) in [6.07, 6.45) is 15.4. The second-order valence-corrected chi connectivity index (χ2v) is 16.1. The van der Waals surface area contributed by atoms with Crippen LogP contribution in [-0.4, -0.2) is 41.6 Å². The van der Waals surface area contributed by atoms with Crippen LogP contribution in [0.2, 0.25) is 0 Å². The minimum Gasteiger partial charge on any atom is -0.507 e. The maximum Gasteiger partial charge on any atom is 0.426 e. The maximum atomic E-state index is 15.1. The fourth-order valence-corrected chi connectivity index (χ4v) is 8.02. The van der Waals surface area contributed by atoms with Gasteiger partial charge in [-0.05, 0) is 144 Å². The molecule has 1 aliphatic rings. The van der Waals surface area contributed by atoms with Gasteiger partial charge in [-0.2, -0.15) is 0 Å². The number of nitrogens with zero attached hydrogens (tertiary/aromatic N) is 6. The van der Waals surface area contributed by atoms with Gasteiger partial charge < -0.3 is 19.7 Å². The Kier molecular flexibility index (Phi) is 12.9. The third-order valence-electron chi connectivity index (χ3n) is 11.2. The number of phenolic OH excluding ortho intramolecular Hbond substituents is 1. The number of anilines is 3. The average Bonchev–Trinajstić information content (AvgIpc) is 3.68. The number of amides is 2. The second-order valence-electron chi connectivity index (χ2n) is 16.1. The molecule has 0 saturated heterocycles. The van der Waals surface area contributed by atoms with E-state index in [9.17, 15) is 9.90 Å². The van der Waals surface area contributed by atoms with E-state index in [0.717, 1.165) is 65.7 Å². The van der Waals surface area contributed by atoms with Crippen molar-refractivity contribution in [2.45, 2.75) is 86.0 Å². The zero-order valence-electron chi connectivity index (χ0n) is 35.8. The summed E-state index contributed by atoms with van der Waals surface area (Å²) in [4.78, 5) is 48.5. The summed E-state index contributed by atoms with van der Waals surface area (Å²) < 4.78 is 8.40. The Morgan fingerprint density at radius 2 is 1.84 bits per heavy atom. The van der Waals surface area contributed by atoms with Gasteiger partial charge in [-0.15, -0.1) is 0 Å². The SMILES string of the molecule is C=C(C)C1CCC(C)=CC1c1c(O)cc(CCCCC)cc1OC(=O)N(c1nccc(-c2cccnc2)n1)c1cc(C(=O)Nc2cc(C)cc(-n3cnc(C)c3)c2)ccc1C. The smallest absolute Gasteiger partial charge is 0.426 e. The zero-order valence-corrected chi connectivity index (χ0v) is 35.8. The van der Waals surface area contributed by atoms with Gasteiger partial charge in [-0.3, -0.25) is 9.78 Å². The third kappa shape index (κ3) is 9.78. The normalized spacial score (nSPS) is 14.9. The highest BCUT2D eigenvalue weighted by Crippen LogP contribution is 2.47. The molecule has 0 aliphatic heterocycles. The minimum atomic E-state index is -0.808. The van der Waals surface area contributed by atoms with E-state index in [-0.39, 0.29) is 35.2 Å². The van der Waals surface area contributed by atoms with Crippen molar-refractivity contribution in [2.24, 2.45) is 5.92 Å². The van der Waals surface area contributed by atoms with Gasteiger partial charge >= 0.3 is 6.09 Å². The fourth-order valence-electron chi connectivity index (χ4n) is 8.02. The molecule has 6 aromatic rings. The lowest BCUT2D eigenvalue weighted by molar-refractivity contribution is 0.102. The first kappa shape index (κ1) is 42.3. The van der Waals surface area contributed by atoms with E-state index in [2.05, 4.69) is 46.8 Å². The molecule has 61 heavy (non-hydrogen) atoms. The van der Waals surface area contributed by atoms with Crippen molar-refractivity contribution in [3.8, 4) is 28.4 Å². The summed E-state index contributed by atoms with van der Waals surface area (Å²) in [6, 6.07) is 20.0. The molecule has 0 spiro atoms. The number of benzene rings is 3. The molecule has 2 N–H and O–H groups in total. The molecule has 312 valence electrons. The number of aryl methyl sites for hydroxylation is 4. The molecule has 3 heterocycles. The minimum absolute atomic E-state index is 0.0274. The predicted octanol–water partition coefficient (Wildman–Crippen LogP) is 11.7. The first-order valence-corrected chi connectivity index (χ1v) is 20.9. The summed E-state index contributed by atoms with van der Waals surface area (Å²) >= 11 is 0. The first-order chi connectivity index (χ1) is 29.4. The fraction of sp³-hybridized carbons (Fsp3) is 0.280. The highest BCUT2D eigenvalue weighted by atomic mass is 16.6. The molecule has 11 heteroatoms. The number of ether oxygens (including phenoxy) is 1. The van der Waals surface area contributed by atoms with Crippen LogP contribution >= 0.6 is 0 Å². The first-order valence-electron chi connectivity index (χ1n) is 20.9. The summed E-state index contributed by atoms with van der Waals surface area (Å²) in [5.74, 6) is -0.273. The van der Waals surface area contributed by atoms with E-state index in [0.29, 0.717) is 40.2 Å². The number of hydrogen-bond acceptors (Lipinski definition) is 8. The third-order valence-corrected chi connectivity index (χ3v) is 11.2. The lowest BCUT2D eigenvalue weighted by Crippen LogP contribution is -2.32. The van der Waals surface area contributed by atoms with Crippen molar-refractivity contribution in [2.75, 3.05) is 10.2 Å². The molecule has 3 aromatic carbocycles. The van der Waals surface area contributed by atoms with Crippen molar-refractivity contribution >= 4 is 29.3 Å². The zero-order chi connectivity index (χ0) is 43.2. The van der Waals surface area contributed by atoms with Crippen LogP contribution in [-0.2, 0) is 6.42 Å². The summed E-state index contributed by atoms with van der Waals surface area (Å²) in [5.41, 5.74) is 9.43. The second kappa shape index (κ2) is 18.6. The van der Waals surface area contributed by atoms with Crippen LogP contribution in [0.4, 0.5) is 22.1 Å². The van der Waals surface area contributed by atoms with Gasteiger partial charge in [0.05, 0.1) is 23.4 Å². The van der Waals surface area contributed by atoms with Crippen molar-refractivity contribution in [3.63, 3.8) is 0 Å². The van der Waals surface area contributed by atoms with Crippen molar-refractivity contribution in [1.82, 2.24) is 24.5 Å². The monoisotopic (exact) mass is 815 g/mol. The number of allylic oxidation sites excluding steroid dienone is 3. The Balaban J connectivity index is 1.32. The van der Waals surface area contributed by atoms with Crippen molar-refractivity contribution in [1.29, 1.82) is 0 Å². The van der Waals surface area contributed by atoms with Gasteiger partial charge in [-0.1, -0.05) is 49.6 Å². The number of nitrogens with one attached hydrogen (secondary N) is 1. The lowest BCUT2D eigenvalue weighted by Gasteiger charge is -2.32. The van der Waals surface area contributed by atoms with E-state index < -0.39 is 6.09 Å². The molecule has 3 aromatic heterocycles. The number of unbranched alkanes of at least 4 members (excludes halogenated alkanes) is 2. The van der Waals surface area contributed by atoms with Gasteiger partial charge in [-0.25, -0.2) is 24.6 Å². The number of rotatable bonds is 13. The number of carbonyl (C=O) groups excluding carboxylic acids is 2. The number of carbonyl (C=O) groups is 2. The van der Waals surface area contributed by atoms with Crippen LogP contribution in [0.25, 0.3) is 16.9 Å². The molecular formula is C50H53N7O4. The number of imidazole rings is 1. The quantitative estimate of drug-likeness (QED) is 0.0869. The van der Waals surface area contributed by atoms with Crippen LogP contribution in [0.3, 0.4) is 0 Å². The Hall–Kier alpha value is -6.88. The van der Waals surface area contributed by atoms with Gasteiger partial charge in [0.15, 0.2) is 0 Å². The van der Waals surface area contributed by atoms with Crippen molar-refractivity contribution < 1.29 is 19.4 Å². The van der Waals surface area contributed by atoms with E-state index in [1.54, 1.807) is 55.2 Å². The Bertz CT molecular complexity index is 2610. The van der Waals surface area contributed by atoms with E-state index in [1.807, 2.05) is 74.9 Å². The molecule has 0 fully saturated rings.